The van der Waals surface area contributed by atoms with Crippen LogP contribution in [0.3, 0.4) is 0 Å². The van der Waals surface area contributed by atoms with E-state index in [0.717, 1.165) is 13.0 Å². The van der Waals surface area contributed by atoms with Crippen LogP contribution in [-0.2, 0) is 4.79 Å². The fraction of sp³-hybridized carbons (Fsp3) is 0.625. The molecule has 0 saturated carbocycles. The van der Waals surface area contributed by atoms with Crippen molar-refractivity contribution in [1.29, 1.82) is 0 Å². The molecular weight excluding hydrogens is 158 g/mol. The predicted octanol–water partition coefficient (Wildman–Crippen LogP) is -0.0123. The van der Waals surface area contributed by atoms with Gasteiger partial charge in [0.15, 0.2) is 0 Å². The van der Waals surface area contributed by atoms with Crippen LogP contribution in [0.2, 0.25) is 0 Å². The molecule has 1 unspecified atom stereocenters. The lowest BCUT2D eigenvalue weighted by molar-refractivity contribution is -0.139. The minimum Gasteiger partial charge on any atom is -0.481 e. The highest BCUT2D eigenvalue weighted by atomic mass is 16.4. The summed E-state index contributed by atoms with van der Waals surface area (Å²) < 4.78 is 0. The van der Waals surface area contributed by atoms with Gasteiger partial charge < -0.3 is 15.5 Å². The van der Waals surface area contributed by atoms with Crippen molar-refractivity contribution < 1.29 is 15.0 Å². The molecule has 4 nitrogen and oxygen atoms in total. The van der Waals surface area contributed by atoms with Gasteiger partial charge in [0, 0.05) is 6.54 Å². The number of carbonyl (C=O) groups is 1. The zero-order valence-electron chi connectivity index (χ0n) is 6.99. The molecule has 0 saturated heterocycles. The van der Waals surface area contributed by atoms with Gasteiger partial charge in [0.1, 0.15) is 0 Å². The Morgan fingerprint density at radius 2 is 2.33 bits per heavy atom. The molecule has 12 heavy (non-hydrogen) atoms. The van der Waals surface area contributed by atoms with E-state index in [1.807, 2.05) is 0 Å². The summed E-state index contributed by atoms with van der Waals surface area (Å²) in [7, 11) is 0. The number of hydrogen-bond donors (Lipinski definition) is 3. The van der Waals surface area contributed by atoms with E-state index in [9.17, 15) is 4.79 Å². The highest BCUT2D eigenvalue weighted by Gasteiger charge is 2.07. The van der Waals surface area contributed by atoms with Gasteiger partial charge in [-0.1, -0.05) is 6.08 Å². The smallest absolute Gasteiger partial charge is 0.306 e. The van der Waals surface area contributed by atoms with Crippen molar-refractivity contribution in [3.05, 3.63) is 12.7 Å². The summed E-state index contributed by atoms with van der Waals surface area (Å²) in [5.41, 5.74) is 0. The Labute approximate surface area is 71.9 Å². The van der Waals surface area contributed by atoms with Crippen molar-refractivity contribution >= 4 is 5.97 Å². The molecule has 0 aromatic rings. The van der Waals surface area contributed by atoms with E-state index < -0.39 is 12.1 Å². The Hall–Kier alpha value is -0.870. The van der Waals surface area contributed by atoms with Crippen molar-refractivity contribution in [1.82, 2.24) is 5.32 Å². The van der Waals surface area contributed by atoms with Crippen LogP contribution in [0.1, 0.15) is 12.8 Å². The van der Waals surface area contributed by atoms with Crippen LogP contribution in [0.4, 0.5) is 0 Å². The van der Waals surface area contributed by atoms with Crippen LogP contribution in [0.25, 0.3) is 0 Å². The van der Waals surface area contributed by atoms with Crippen LogP contribution >= 0.6 is 0 Å². The highest BCUT2D eigenvalue weighted by Crippen LogP contribution is 1.89. The van der Waals surface area contributed by atoms with E-state index in [2.05, 4.69) is 11.9 Å². The molecule has 0 rings (SSSR count). The van der Waals surface area contributed by atoms with Gasteiger partial charge in [-0.15, -0.1) is 6.58 Å². The molecule has 0 bridgehead atoms. The number of nitrogens with one attached hydrogen (secondary N) is 1. The molecule has 0 spiro atoms. The molecular formula is C8H15NO3. The number of aliphatic hydroxyl groups is 1. The van der Waals surface area contributed by atoms with Gasteiger partial charge in [0.2, 0.25) is 0 Å². The number of aliphatic carboxylic acids is 1. The predicted molar refractivity (Wildman–Crippen MR) is 45.9 cm³/mol. The van der Waals surface area contributed by atoms with Crippen LogP contribution in [0.5, 0.6) is 0 Å². The molecule has 4 heteroatoms. The lowest BCUT2D eigenvalue weighted by atomic mass is 10.2. The number of carboxylic acids is 1. The first-order chi connectivity index (χ1) is 5.66. The number of aliphatic hydroxyl groups excluding tert-OH is 1. The van der Waals surface area contributed by atoms with Crippen molar-refractivity contribution in [3.63, 3.8) is 0 Å². The first-order valence-corrected chi connectivity index (χ1v) is 3.88. The van der Waals surface area contributed by atoms with Crippen LogP contribution in [-0.4, -0.2) is 35.4 Å². The minimum atomic E-state index is -0.979. The molecule has 0 aromatic carbocycles. The number of hydrogen-bond acceptors (Lipinski definition) is 3. The molecule has 0 aliphatic heterocycles. The Morgan fingerprint density at radius 1 is 1.67 bits per heavy atom. The third-order valence-electron chi connectivity index (χ3n) is 1.32. The van der Waals surface area contributed by atoms with Gasteiger partial charge in [0.05, 0.1) is 12.5 Å². The summed E-state index contributed by atoms with van der Waals surface area (Å²) in [6.07, 6.45) is 1.57. The van der Waals surface area contributed by atoms with Crippen LogP contribution in [0, 0.1) is 0 Å². The Balaban J connectivity index is 3.24. The maximum Gasteiger partial charge on any atom is 0.306 e. The second kappa shape index (κ2) is 6.82. The van der Waals surface area contributed by atoms with Crippen molar-refractivity contribution in [2.45, 2.75) is 18.9 Å². The van der Waals surface area contributed by atoms with E-state index in [0.29, 0.717) is 6.54 Å². The summed E-state index contributed by atoms with van der Waals surface area (Å²) >= 11 is 0. The van der Waals surface area contributed by atoms with Crippen molar-refractivity contribution in [2.24, 2.45) is 0 Å². The summed E-state index contributed by atoms with van der Waals surface area (Å²) in [5, 5.41) is 20.2. The second-order valence-electron chi connectivity index (χ2n) is 2.53. The minimum absolute atomic E-state index is 0.207. The van der Waals surface area contributed by atoms with Gasteiger partial charge in [-0.2, -0.15) is 0 Å². The molecule has 0 fully saturated rings. The standard InChI is InChI=1S/C8H15NO3/c1-2-3-4-9-6-7(10)5-8(11)12/h2,7,9-10H,1,3-6H2,(H,11,12). The van der Waals surface area contributed by atoms with E-state index in [1.54, 1.807) is 6.08 Å². The van der Waals surface area contributed by atoms with Gasteiger partial charge in [-0.05, 0) is 13.0 Å². The molecule has 70 valence electrons. The third kappa shape index (κ3) is 7.24. The Morgan fingerprint density at radius 3 is 2.83 bits per heavy atom. The van der Waals surface area contributed by atoms with Crippen molar-refractivity contribution in [3.8, 4) is 0 Å². The zero-order valence-corrected chi connectivity index (χ0v) is 6.99. The van der Waals surface area contributed by atoms with Gasteiger partial charge in [-0.25, -0.2) is 0 Å². The van der Waals surface area contributed by atoms with Crippen LogP contribution in [0.15, 0.2) is 12.7 Å². The van der Waals surface area contributed by atoms with E-state index in [1.165, 1.54) is 0 Å². The molecule has 0 aliphatic rings. The third-order valence-corrected chi connectivity index (χ3v) is 1.32. The molecule has 1 atom stereocenters. The average Bonchev–Trinajstić information content (AvgIpc) is 1.97. The maximum atomic E-state index is 10.1. The Bertz CT molecular complexity index is 147. The van der Waals surface area contributed by atoms with Crippen molar-refractivity contribution in [2.75, 3.05) is 13.1 Å². The second-order valence-corrected chi connectivity index (χ2v) is 2.53. The first-order valence-electron chi connectivity index (χ1n) is 3.88. The summed E-state index contributed by atoms with van der Waals surface area (Å²) in [5.74, 6) is -0.979. The lowest BCUT2D eigenvalue weighted by Crippen LogP contribution is -2.29. The topological polar surface area (TPSA) is 69.6 Å². The van der Waals surface area contributed by atoms with E-state index in [-0.39, 0.29) is 6.42 Å². The SMILES string of the molecule is C=CCCNCC(O)CC(=O)O. The molecule has 0 aromatic heterocycles. The first kappa shape index (κ1) is 11.1. The molecule has 3 N–H and O–H groups in total. The maximum absolute atomic E-state index is 10.1. The van der Waals surface area contributed by atoms with Gasteiger partial charge in [0.25, 0.3) is 0 Å². The number of carboxylic acid groups (broad SMARTS) is 1. The summed E-state index contributed by atoms with van der Waals surface area (Å²) in [4.78, 5) is 10.1. The summed E-state index contributed by atoms with van der Waals surface area (Å²) in [6, 6.07) is 0. The molecule has 0 radical (unpaired) electrons. The normalized spacial score (nSPS) is 12.4. The van der Waals surface area contributed by atoms with E-state index in [4.69, 9.17) is 10.2 Å². The van der Waals surface area contributed by atoms with E-state index >= 15 is 0 Å². The summed E-state index contributed by atoms with van der Waals surface area (Å²) in [6.45, 7) is 4.57. The molecule has 0 heterocycles. The molecule has 0 amide bonds. The average molecular weight is 173 g/mol. The fourth-order valence-electron chi connectivity index (χ4n) is 0.747. The largest absolute Gasteiger partial charge is 0.481 e. The zero-order chi connectivity index (χ0) is 9.40. The lowest BCUT2D eigenvalue weighted by Gasteiger charge is -2.07. The quantitative estimate of drug-likeness (QED) is 0.374. The fourth-order valence-corrected chi connectivity index (χ4v) is 0.747. The highest BCUT2D eigenvalue weighted by molar-refractivity contribution is 5.67. The van der Waals surface area contributed by atoms with Gasteiger partial charge >= 0.3 is 5.97 Å². The van der Waals surface area contributed by atoms with Crippen LogP contribution < -0.4 is 5.32 Å². The Kier molecular flexibility index (Phi) is 6.32. The number of rotatable bonds is 7. The monoisotopic (exact) mass is 173 g/mol. The molecule has 0 aliphatic carbocycles. The van der Waals surface area contributed by atoms with Gasteiger partial charge in [-0.3, -0.25) is 4.79 Å².